The zero-order valence-electron chi connectivity index (χ0n) is 18.8. The molecule has 8 nitrogen and oxygen atoms in total. The van der Waals surface area contributed by atoms with Gasteiger partial charge in [0.15, 0.2) is 0 Å². The first-order valence-electron chi connectivity index (χ1n) is 10.2. The average Bonchev–Trinajstić information content (AvgIpc) is 2.79. The van der Waals surface area contributed by atoms with E-state index in [1.807, 2.05) is 23.1 Å². The Morgan fingerprint density at radius 3 is 2.45 bits per heavy atom. The number of nitrogens with two attached hydrogens (primary N) is 2. The van der Waals surface area contributed by atoms with Gasteiger partial charge in [-0.25, -0.2) is 10.2 Å². The molecule has 2 aromatic rings. The molecule has 0 bridgehead atoms. The molecular weight excluding hydrogens is 467 g/mol. The highest BCUT2D eigenvalue weighted by Crippen LogP contribution is 2.31. The molecule has 0 aliphatic carbocycles. The minimum atomic E-state index is -0.514. The van der Waals surface area contributed by atoms with E-state index in [-0.39, 0.29) is 11.3 Å². The van der Waals surface area contributed by atoms with Gasteiger partial charge in [0.1, 0.15) is 22.3 Å². The third kappa shape index (κ3) is 5.41. The lowest BCUT2D eigenvalue weighted by Gasteiger charge is -2.39. The highest BCUT2D eigenvalue weighted by atomic mass is 35.5. The molecule has 0 unspecified atom stereocenters. The molecular formula is C22H28ClFN6O2S. The Morgan fingerprint density at radius 2 is 1.88 bits per heavy atom. The lowest BCUT2D eigenvalue weighted by atomic mass is 10.1. The molecule has 1 saturated heterocycles. The summed E-state index contributed by atoms with van der Waals surface area (Å²) in [5, 5.41) is 1.93. The number of benzene rings is 2. The maximum absolute atomic E-state index is 14.6. The summed E-state index contributed by atoms with van der Waals surface area (Å²) in [7, 11) is 4.62. The summed E-state index contributed by atoms with van der Waals surface area (Å²) in [5.41, 5.74) is 11.4. The molecule has 1 fully saturated rings. The molecule has 178 valence electrons. The van der Waals surface area contributed by atoms with Crippen LogP contribution in [-0.2, 0) is 4.84 Å². The van der Waals surface area contributed by atoms with Crippen molar-refractivity contribution in [1.29, 1.82) is 0 Å². The topological polar surface area (TPSA) is 92.2 Å². The molecule has 0 radical (unpaired) electrons. The second kappa shape index (κ2) is 10.9. The van der Waals surface area contributed by atoms with Crippen LogP contribution in [0.4, 0.5) is 15.8 Å². The van der Waals surface area contributed by atoms with Crippen molar-refractivity contribution in [2.75, 3.05) is 57.8 Å². The standard InChI is InChI=1S/C22H28ClFN6O2S/c1-28(26)21(20(25)19-16(24)5-4-6-18(19)31-2)22(33)30-11-9-29(10-12-30)17-8-7-14(27-32-3)13-15(17)23/h4-8,13,27H,9-12,25-26H2,1-3H3/b21-20-. The number of nitrogens with zero attached hydrogens (tertiary/aromatic N) is 3. The predicted molar refractivity (Wildman–Crippen MR) is 134 cm³/mol. The van der Waals surface area contributed by atoms with Crippen LogP contribution in [0.5, 0.6) is 5.75 Å². The number of thiocarbonyl (C=S) groups is 1. The second-order valence-electron chi connectivity index (χ2n) is 7.44. The predicted octanol–water partition coefficient (Wildman–Crippen LogP) is 3.04. The van der Waals surface area contributed by atoms with Crippen LogP contribution in [0.3, 0.4) is 0 Å². The fourth-order valence-electron chi connectivity index (χ4n) is 3.76. The van der Waals surface area contributed by atoms with E-state index in [2.05, 4.69) is 10.4 Å². The Bertz CT molecular complexity index is 1040. The van der Waals surface area contributed by atoms with Gasteiger partial charge in [0, 0.05) is 33.2 Å². The van der Waals surface area contributed by atoms with E-state index < -0.39 is 5.82 Å². The Hall–Kier alpha value is -2.79. The third-order valence-electron chi connectivity index (χ3n) is 5.35. The van der Waals surface area contributed by atoms with Crippen molar-refractivity contribution in [3.63, 3.8) is 0 Å². The second-order valence-corrected chi connectivity index (χ2v) is 8.24. The van der Waals surface area contributed by atoms with Gasteiger partial charge in [-0.05, 0) is 30.3 Å². The monoisotopic (exact) mass is 494 g/mol. The normalized spacial score (nSPS) is 14.6. The minimum absolute atomic E-state index is 0.117. The van der Waals surface area contributed by atoms with E-state index in [9.17, 15) is 4.39 Å². The number of ether oxygens (including phenoxy) is 1. The van der Waals surface area contributed by atoms with Gasteiger partial charge in [-0.2, -0.15) is 0 Å². The van der Waals surface area contributed by atoms with E-state index in [0.29, 0.717) is 47.6 Å². The first-order valence-corrected chi connectivity index (χ1v) is 11.0. The summed E-state index contributed by atoms with van der Waals surface area (Å²) in [4.78, 5) is 9.54. The molecule has 1 aliphatic rings. The molecule has 1 heterocycles. The average molecular weight is 495 g/mol. The number of anilines is 2. The minimum Gasteiger partial charge on any atom is -0.496 e. The molecule has 2 aromatic carbocycles. The zero-order chi connectivity index (χ0) is 24.1. The van der Waals surface area contributed by atoms with Gasteiger partial charge in [0.25, 0.3) is 0 Å². The first-order chi connectivity index (χ1) is 15.8. The fourth-order valence-corrected chi connectivity index (χ4v) is 4.49. The van der Waals surface area contributed by atoms with Gasteiger partial charge in [-0.3, -0.25) is 10.3 Å². The molecule has 11 heteroatoms. The highest BCUT2D eigenvalue weighted by molar-refractivity contribution is 7.80. The van der Waals surface area contributed by atoms with Crippen LogP contribution < -0.4 is 26.7 Å². The lowest BCUT2D eigenvalue weighted by Crippen LogP contribution is -2.50. The lowest BCUT2D eigenvalue weighted by molar-refractivity contribution is 0.271. The Balaban J connectivity index is 1.81. The summed E-state index contributed by atoms with van der Waals surface area (Å²) >= 11 is 12.2. The van der Waals surface area contributed by atoms with Gasteiger partial charge in [0.2, 0.25) is 0 Å². The Morgan fingerprint density at radius 1 is 1.18 bits per heavy atom. The summed E-state index contributed by atoms with van der Waals surface area (Å²) in [6.07, 6.45) is 0. The van der Waals surface area contributed by atoms with Crippen molar-refractivity contribution < 1.29 is 14.0 Å². The maximum atomic E-state index is 14.6. The molecule has 3 rings (SSSR count). The molecule has 33 heavy (non-hydrogen) atoms. The number of methoxy groups -OCH3 is 1. The van der Waals surface area contributed by atoms with Gasteiger partial charge < -0.3 is 25.3 Å². The molecule has 0 aromatic heterocycles. The van der Waals surface area contributed by atoms with Crippen LogP contribution in [0.1, 0.15) is 5.56 Å². The number of likely N-dealkylation sites (N-methyl/N-ethyl adjacent to an activating group) is 1. The summed E-state index contributed by atoms with van der Waals surface area (Å²) < 4.78 is 19.9. The van der Waals surface area contributed by atoms with Crippen molar-refractivity contribution in [3.8, 4) is 5.75 Å². The SMILES string of the molecule is CONc1ccc(N2CCN(C(=S)/C(=C(/N)c3c(F)cccc3OC)N(C)N)CC2)c(Cl)c1. The largest absolute Gasteiger partial charge is 0.496 e. The fraction of sp³-hybridized carbons (Fsp3) is 0.318. The molecule has 0 spiro atoms. The van der Waals surface area contributed by atoms with Crippen molar-refractivity contribution >= 4 is 45.9 Å². The van der Waals surface area contributed by atoms with Gasteiger partial charge in [-0.1, -0.05) is 29.9 Å². The number of hydrazine groups is 1. The number of rotatable bonds is 7. The van der Waals surface area contributed by atoms with Crippen LogP contribution in [0.2, 0.25) is 5.02 Å². The van der Waals surface area contributed by atoms with E-state index >= 15 is 0 Å². The first kappa shape index (κ1) is 24.8. The number of hydrogen-bond donors (Lipinski definition) is 3. The Labute approximate surface area is 203 Å². The van der Waals surface area contributed by atoms with E-state index in [4.69, 9.17) is 45.0 Å². The molecule has 1 aliphatic heterocycles. The van der Waals surface area contributed by atoms with Crippen LogP contribution >= 0.6 is 23.8 Å². The highest BCUT2D eigenvalue weighted by Gasteiger charge is 2.27. The van der Waals surface area contributed by atoms with Crippen molar-refractivity contribution in [1.82, 2.24) is 9.91 Å². The Kier molecular flexibility index (Phi) is 8.20. The zero-order valence-corrected chi connectivity index (χ0v) is 20.3. The van der Waals surface area contributed by atoms with Crippen LogP contribution in [-0.4, -0.2) is 62.3 Å². The van der Waals surface area contributed by atoms with E-state index in [0.717, 1.165) is 11.4 Å². The van der Waals surface area contributed by atoms with Gasteiger partial charge >= 0.3 is 0 Å². The van der Waals surface area contributed by atoms with Gasteiger partial charge in [0.05, 0.1) is 41.9 Å². The number of nitrogens with one attached hydrogen (secondary N) is 1. The molecule has 0 amide bonds. The smallest absolute Gasteiger partial charge is 0.136 e. The maximum Gasteiger partial charge on any atom is 0.136 e. The summed E-state index contributed by atoms with van der Waals surface area (Å²) in [6.45, 7) is 2.60. The van der Waals surface area contributed by atoms with E-state index in [1.165, 1.54) is 18.2 Å². The molecule has 5 N–H and O–H groups in total. The number of piperazine rings is 1. The molecule has 0 saturated carbocycles. The van der Waals surface area contributed by atoms with Gasteiger partial charge in [-0.15, -0.1) is 0 Å². The van der Waals surface area contributed by atoms with E-state index in [1.54, 1.807) is 26.3 Å². The summed E-state index contributed by atoms with van der Waals surface area (Å²) in [5.74, 6) is 5.87. The van der Waals surface area contributed by atoms with Crippen molar-refractivity contribution in [2.24, 2.45) is 11.6 Å². The van der Waals surface area contributed by atoms with Crippen LogP contribution in [0.15, 0.2) is 42.1 Å². The summed E-state index contributed by atoms with van der Waals surface area (Å²) in [6, 6.07) is 10.2. The van der Waals surface area contributed by atoms with Crippen molar-refractivity contribution in [2.45, 2.75) is 0 Å². The van der Waals surface area contributed by atoms with Crippen LogP contribution in [0.25, 0.3) is 5.70 Å². The quantitative estimate of drug-likeness (QED) is 0.232. The number of halogens is 2. The van der Waals surface area contributed by atoms with Crippen LogP contribution in [0, 0.1) is 5.82 Å². The molecule has 0 atom stereocenters. The van der Waals surface area contributed by atoms with Crippen molar-refractivity contribution in [3.05, 3.63) is 58.5 Å². The number of hydrogen-bond acceptors (Lipinski definition) is 8. The third-order valence-corrected chi connectivity index (χ3v) is 6.10.